The molecular formula is C8H10N2O. The summed E-state index contributed by atoms with van der Waals surface area (Å²) in [7, 11) is 1.68. The van der Waals surface area contributed by atoms with E-state index < -0.39 is 0 Å². The lowest BCUT2D eigenvalue weighted by Gasteiger charge is -2.12. The molecule has 0 bridgehead atoms. The minimum Gasteiger partial charge on any atom is -0.362 e. The number of H-pyrrole nitrogens is 1. The summed E-state index contributed by atoms with van der Waals surface area (Å²) < 4.78 is 5.10. The summed E-state index contributed by atoms with van der Waals surface area (Å²) in [6.07, 6.45) is 5.87. The molecule has 1 unspecified atom stereocenters. The molecule has 3 nitrogen and oxygen atoms in total. The van der Waals surface area contributed by atoms with Gasteiger partial charge in [0.25, 0.3) is 0 Å². The fourth-order valence-electron chi connectivity index (χ4n) is 1.17. The van der Waals surface area contributed by atoms with E-state index in [4.69, 9.17) is 4.74 Å². The maximum absolute atomic E-state index is 5.10. The molecule has 0 aromatic carbocycles. The van der Waals surface area contributed by atoms with Gasteiger partial charge < -0.3 is 15.0 Å². The molecule has 1 aromatic heterocycles. The molecule has 0 fully saturated rings. The molecule has 1 atom stereocenters. The summed E-state index contributed by atoms with van der Waals surface area (Å²) >= 11 is 0. The van der Waals surface area contributed by atoms with E-state index in [9.17, 15) is 0 Å². The Morgan fingerprint density at radius 3 is 3.27 bits per heavy atom. The molecule has 2 N–H and O–H groups in total. The predicted molar refractivity (Wildman–Crippen MR) is 42.9 cm³/mol. The van der Waals surface area contributed by atoms with E-state index in [2.05, 4.69) is 10.3 Å². The molecule has 2 heterocycles. The third-order valence-corrected chi connectivity index (χ3v) is 1.79. The van der Waals surface area contributed by atoms with E-state index in [1.54, 1.807) is 7.11 Å². The van der Waals surface area contributed by atoms with Crippen molar-refractivity contribution in [1.29, 1.82) is 0 Å². The highest BCUT2D eigenvalue weighted by molar-refractivity contribution is 5.37. The Balaban J connectivity index is 2.53. The van der Waals surface area contributed by atoms with Gasteiger partial charge in [0.2, 0.25) is 0 Å². The molecule has 1 aromatic rings. The molecule has 11 heavy (non-hydrogen) atoms. The zero-order valence-electron chi connectivity index (χ0n) is 6.29. The van der Waals surface area contributed by atoms with Crippen LogP contribution in [0.25, 0.3) is 12.3 Å². The summed E-state index contributed by atoms with van der Waals surface area (Å²) in [5.74, 6) is 0. The van der Waals surface area contributed by atoms with Gasteiger partial charge in [-0.1, -0.05) is 0 Å². The molecule has 1 aliphatic rings. The molecule has 0 radical (unpaired) electrons. The van der Waals surface area contributed by atoms with Crippen molar-refractivity contribution in [2.45, 2.75) is 6.23 Å². The Labute approximate surface area is 64.4 Å². The van der Waals surface area contributed by atoms with Gasteiger partial charge in [0.15, 0.2) is 0 Å². The molecule has 0 amide bonds. The second-order valence-corrected chi connectivity index (χ2v) is 2.48. The summed E-state index contributed by atoms with van der Waals surface area (Å²) in [4.78, 5) is 3.12. The maximum Gasteiger partial charge on any atom is 0.148 e. The Morgan fingerprint density at radius 2 is 2.45 bits per heavy atom. The van der Waals surface area contributed by atoms with Crippen molar-refractivity contribution >= 4 is 12.3 Å². The fraction of sp³-hybridized carbons (Fsp3) is 0.250. The number of aromatic nitrogens is 1. The van der Waals surface area contributed by atoms with Gasteiger partial charge in [-0.2, -0.15) is 0 Å². The van der Waals surface area contributed by atoms with Crippen LogP contribution in [0.1, 0.15) is 0 Å². The lowest BCUT2D eigenvalue weighted by Crippen LogP contribution is -2.38. The first-order valence-electron chi connectivity index (χ1n) is 3.54. The van der Waals surface area contributed by atoms with Crippen molar-refractivity contribution in [2.75, 3.05) is 7.11 Å². The van der Waals surface area contributed by atoms with Crippen molar-refractivity contribution in [3.05, 3.63) is 22.8 Å². The second kappa shape index (κ2) is 2.43. The van der Waals surface area contributed by atoms with Gasteiger partial charge in [0, 0.05) is 30.1 Å². The number of fused-ring (bicyclic) bond motifs is 1. The monoisotopic (exact) mass is 150 g/mol. The molecule has 58 valence electrons. The molecular weight excluding hydrogens is 140 g/mol. The van der Waals surface area contributed by atoms with Crippen molar-refractivity contribution < 1.29 is 4.74 Å². The number of aromatic amines is 1. The van der Waals surface area contributed by atoms with E-state index in [1.807, 2.05) is 24.5 Å². The molecule has 0 aliphatic carbocycles. The van der Waals surface area contributed by atoms with Gasteiger partial charge in [-0.15, -0.1) is 0 Å². The Bertz CT molecular complexity index is 352. The van der Waals surface area contributed by atoms with Crippen molar-refractivity contribution in [1.82, 2.24) is 10.3 Å². The molecule has 0 spiro atoms. The number of rotatable bonds is 1. The quantitative estimate of drug-likeness (QED) is 0.545. The number of hydrogen-bond acceptors (Lipinski definition) is 2. The standard InChI is InChI=1S/C8H10N2O/c1-11-8-4-7-6(5-10-8)2-3-9-7/h2-5,8-10H,1H3. The number of ether oxygens (including phenoxy) is 1. The van der Waals surface area contributed by atoms with Gasteiger partial charge in [0.05, 0.1) is 0 Å². The molecule has 0 saturated carbocycles. The maximum atomic E-state index is 5.10. The van der Waals surface area contributed by atoms with Crippen LogP contribution in [0.5, 0.6) is 0 Å². The normalized spacial score (nSPS) is 21.0. The summed E-state index contributed by atoms with van der Waals surface area (Å²) in [6.45, 7) is 0. The van der Waals surface area contributed by atoms with Crippen LogP contribution < -0.4 is 15.9 Å². The van der Waals surface area contributed by atoms with Crippen LogP contribution in [0.2, 0.25) is 0 Å². The second-order valence-electron chi connectivity index (χ2n) is 2.48. The first-order valence-corrected chi connectivity index (χ1v) is 3.54. The summed E-state index contributed by atoms with van der Waals surface area (Å²) in [5.41, 5.74) is 0. The van der Waals surface area contributed by atoms with Crippen LogP contribution in [-0.4, -0.2) is 18.3 Å². The van der Waals surface area contributed by atoms with E-state index >= 15 is 0 Å². The van der Waals surface area contributed by atoms with Crippen LogP contribution in [0.15, 0.2) is 12.3 Å². The summed E-state index contributed by atoms with van der Waals surface area (Å²) in [6, 6.07) is 2.02. The Morgan fingerprint density at radius 1 is 1.55 bits per heavy atom. The van der Waals surface area contributed by atoms with E-state index in [0.717, 1.165) is 5.35 Å². The molecule has 3 heteroatoms. The first kappa shape index (κ1) is 6.49. The number of methoxy groups -OCH3 is 1. The van der Waals surface area contributed by atoms with E-state index in [1.165, 1.54) is 5.22 Å². The average molecular weight is 150 g/mol. The van der Waals surface area contributed by atoms with Crippen molar-refractivity contribution in [3.8, 4) is 0 Å². The third-order valence-electron chi connectivity index (χ3n) is 1.79. The van der Waals surface area contributed by atoms with Gasteiger partial charge in [-0.05, 0) is 12.1 Å². The number of nitrogens with one attached hydrogen (secondary N) is 2. The topological polar surface area (TPSA) is 37.0 Å². The Kier molecular flexibility index (Phi) is 1.43. The molecule has 2 rings (SSSR count). The van der Waals surface area contributed by atoms with Crippen LogP contribution in [0, 0.1) is 0 Å². The SMILES string of the molecule is COC1C=c2[nH]ccc2=CN1. The third kappa shape index (κ3) is 1.03. The highest BCUT2D eigenvalue weighted by Crippen LogP contribution is 1.87. The smallest absolute Gasteiger partial charge is 0.148 e. The number of hydrogen-bond donors (Lipinski definition) is 2. The van der Waals surface area contributed by atoms with Crippen LogP contribution in [-0.2, 0) is 4.74 Å². The minimum atomic E-state index is 0.00106. The van der Waals surface area contributed by atoms with Crippen LogP contribution >= 0.6 is 0 Å². The van der Waals surface area contributed by atoms with E-state index in [-0.39, 0.29) is 6.23 Å². The summed E-state index contributed by atoms with van der Waals surface area (Å²) in [5, 5.41) is 5.39. The van der Waals surface area contributed by atoms with Gasteiger partial charge >= 0.3 is 0 Å². The highest BCUT2D eigenvalue weighted by Gasteiger charge is 2.03. The lowest BCUT2D eigenvalue weighted by atomic mass is 10.3. The highest BCUT2D eigenvalue weighted by atomic mass is 16.5. The minimum absolute atomic E-state index is 0.00106. The van der Waals surface area contributed by atoms with Gasteiger partial charge in [-0.3, -0.25) is 0 Å². The first-order chi connectivity index (χ1) is 5.40. The van der Waals surface area contributed by atoms with Gasteiger partial charge in [0.1, 0.15) is 6.23 Å². The van der Waals surface area contributed by atoms with Gasteiger partial charge in [-0.25, -0.2) is 0 Å². The average Bonchev–Trinajstić information content (AvgIpc) is 2.50. The van der Waals surface area contributed by atoms with Crippen molar-refractivity contribution in [3.63, 3.8) is 0 Å². The molecule has 1 aliphatic heterocycles. The van der Waals surface area contributed by atoms with Crippen molar-refractivity contribution in [2.24, 2.45) is 0 Å². The zero-order valence-corrected chi connectivity index (χ0v) is 6.29. The van der Waals surface area contributed by atoms with Crippen LogP contribution in [0.4, 0.5) is 0 Å². The zero-order chi connectivity index (χ0) is 7.68. The Hall–Kier alpha value is -1.22. The lowest BCUT2D eigenvalue weighted by molar-refractivity contribution is 0.139. The fourth-order valence-corrected chi connectivity index (χ4v) is 1.17. The van der Waals surface area contributed by atoms with Crippen LogP contribution in [0.3, 0.4) is 0 Å². The predicted octanol–water partition coefficient (Wildman–Crippen LogP) is -0.891. The van der Waals surface area contributed by atoms with E-state index in [0.29, 0.717) is 0 Å². The largest absolute Gasteiger partial charge is 0.362 e. The molecule has 0 saturated heterocycles.